The van der Waals surface area contributed by atoms with Gasteiger partial charge in [-0.25, -0.2) is 0 Å². The van der Waals surface area contributed by atoms with Crippen LogP contribution in [0.4, 0.5) is 0 Å². The SMILES string of the molecule is C/C=C\C(=C/CC)SOc1cc(C)cc(CC(=O)O)c1. The molecule has 1 aromatic rings. The van der Waals surface area contributed by atoms with Crippen LogP contribution in [0, 0.1) is 6.92 Å². The van der Waals surface area contributed by atoms with Gasteiger partial charge in [-0.3, -0.25) is 4.79 Å². The lowest BCUT2D eigenvalue weighted by Gasteiger charge is -2.08. The minimum atomic E-state index is -0.838. The first kappa shape index (κ1) is 16.4. The number of aryl methyl sites for hydroxylation is 1. The third kappa shape index (κ3) is 5.97. The summed E-state index contributed by atoms with van der Waals surface area (Å²) in [7, 11) is 0. The maximum atomic E-state index is 10.8. The molecule has 1 aromatic carbocycles. The predicted molar refractivity (Wildman–Crippen MR) is 83.9 cm³/mol. The molecule has 20 heavy (non-hydrogen) atoms. The average molecular weight is 292 g/mol. The van der Waals surface area contributed by atoms with E-state index in [1.165, 1.54) is 12.0 Å². The quantitative estimate of drug-likeness (QED) is 0.593. The molecule has 1 rings (SSSR count). The summed E-state index contributed by atoms with van der Waals surface area (Å²) in [6.45, 7) is 5.96. The standard InChI is InChI=1S/C16H20O3S/c1-4-6-15(7-5-2)20-19-14-9-12(3)8-13(10-14)11-16(17)18/h4,6-10H,5,11H2,1-3H3,(H,17,18)/b6-4-,15-7+. The Hall–Kier alpha value is -1.68. The highest BCUT2D eigenvalue weighted by Crippen LogP contribution is 2.26. The molecular weight excluding hydrogens is 272 g/mol. The molecule has 0 amide bonds. The summed E-state index contributed by atoms with van der Waals surface area (Å²) in [5, 5.41) is 8.84. The smallest absolute Gasteiger partial charge is 0.307 e. The molecule has 0 aliphatic rings. The van der Waals surface area contributed by atoms with E-state index >= 15 is 0 Å². The maximum absolute atomic E-state index is 10.8. The molecule has 4 heteroatoms. The van der Waals surface area contributed by atoms with Gasteiger partial charge in [-0.05, 0) is 49.6 Å². The Bertz CT molecular complexity index is 518. The highest BCUT2D eigenvalue weighted by molar-refractivity contribution is 7.99. The fourth-order valence-electron chi connectivity index (χ4n) is 1.74. The first-order valence-electron chi connectivity index (χ1n) is 6.55. The monoisotopic (exact) mass is 292 g/mol. The van der Waals surface area contributed by atoms with Crippen molar-refractivity contribution in [3.63, 3.8) is 0 Å². The third-order valence-electron chi connectivity index (χ3n) is 2.44. The summed E-state index contributed by atoms with van der Waals surface area (Å²) in [6.07, 6.45) is 6.98. The van der Waals surface area contributed by atoms with Gasteiger partial charge in [0.2, 0.25) is 0 Å². The minimum Gasteiger partial charge on any atom is -0.481 e. The Morgan fingerprint density at radius 3 is 2.75 bits per heavy atom. The van der Waals surface area contributed by atoms with Crippen LogP contribution >= 0.6 is 12.0 Å². The van der Waals surface area contributed by atoms with E-state index < -0.39 is 5.97 Å². The van der Waals surface area contributed by atoms with Gasteiger partial charge >= 0.3 is 5.97 Å². The van der Waals surface area contributed by atoms with E-state index in [1.54, 1.807) is 6.07 Å². The topological polar surface area (TPSA) is 46.5 Å². The summed E-state index contributed by atoms with van der Waals surface area (Å²) in [5.74, 6) is -0.160. The van der Waals surface area contributed by atoms with Crippen LogP contribution < -0.4 is 4.18 Å². The molecule has 108 valence electrons. The Balaban J connectivity index is 2.79. The zero-order valence-electron chi connectivity index (χ0n) is 12.1. The van der Waals surface area contributed by atoms with Crippen molar-refractivity contribution in [1.82, 2.24) is 0 Å². The fraction of sp³-hybridized carbons (Fsp3) is 0.312. The zero-order valence-corrected chi connectivity index (χ0v) is 12.9. The summed E-state index contributed by atoms with van der Waals surface area (Å²) in [4.78, 5) is 11.8. The average Bonchev–Trinajstić information content (AvgIpc) is 2.35. The number of carboxylic acids is 1. The van der Waals surface area contributed by atoms with Gasteiger partial charge < -0.3 is 9.29 Å². The van der Waals surface area contributed by atoms with Crippen LogP contribution in [0.1, 0.15) is 31.4 Å². The first-order valence-corrected chi connectivity index (χ1v) is 7.29. The molecule has 0 radical (unpaired) electrons. The highest BCUT2D eigenvalue weighted by Gasteiger charge is 2.05. The van der Waals surface area contributed by atoms with Crippen molar-refractivity contribution >= 4 is 18.0 Å². The number of benzene rings is 1. The number of aliphatic carboxylic acids is 1. The van der Waals surface area contributed by atoms with E-state index in [0.29, 0.717) is 5.75 Å². The Morgan fingerprint density at radius 2 is 2.15 bits per heavy atom. The van der Waals surface area contributed by atoms with E-state index in [0.717, 1.165) is 22.5 Å². The van der Waals surface area contributed by atoms with Crippen LogP contribution in [0.2, 0.25) is 0 Å². The maximum Gasteiger partial charge on any atom is 0.307 e. The van der Waals surface area contributed by atoms with Gasteiger partial charge in [0.25, 0.3) is 0 Å². The van der Waals surface area contributed by atoms with Crippen molar-refractivity contribution in [2.75, 3.05) is 0 Å². The van der Waals surface area contributed by atoms with Crippen LogP contribution in [0.3, 0.4) is 0 Å². The lowest BCUT2D eigenvalue weighted by Crippen LogP contribution is -2.00. The normalized spacial score (nSPS) is 11.8. The van der Waals surface area contributed by atoms with Crippen LogP contribution in [0.25, 0.3) is 0 Å². The third-order valence-corrected chi connectivity index (χ3v) is 3.21. The van der Waals surface area contributed by atoms with Crippen molar-refractivity contribution in [2.45, 2.75) is 33.6 Å². The van der Waals surface area contributed by atoms with Crippen molar-refractivity contribution < 1.29 is 14.1 Å². The molecule has 0 saturated heterocycles. The summed E-state index contributed by atoms with van der Waals surface area (Å²) >= 11 is 1.29. The van der Waals surface area contributed by atoms with Gasteiger partial charge in [-0.2, -0.15) is 0 Å². The lowest BCUT2D eigenvalue weighted by molar-refractivity contribution is -0.136. The molecule has 0 aromatic heterocycles. The van der Waals surface area contributed by atoms with Crippen LogP contribution in [0.15, 0.2) is 41.3 Å². The second-order valence-electron chi connectivity index (χ2n) is 4.41. The molecule has 0 fully saturated rings. The molecule has 0 heterocycles. The molecule has 0 bridgehead atoms. The molecule has 0 saturated carbocycles. The van der Waals surface area contributed by atoms with Gasteiger partial charge in [0, 0.05) is 4.91 Å². The highest BCUT2D eigenvalue weighted by atomic mass is 32.2. The van der Waals surface area contributed by atoms with Crippen LogP contribution in [-0.2, 0) is 11.2 Å². The number of allylic oxidation sites excluding steroid dienone is 3. The second-order valence-corrected chi connectivity index (χ2v) is 5.21. The molecule has 0 atom stereocenters. The Kier molecular flexibility index (Phi) is 6.94. The van der Waals surface area contributed by atoms with Gasteiger partial charge in [0.1, 0.15) is 5.75 Å². The molecular formula is C16H20O3S. The molecule has 0 spiro atoms. The van der Waals surface area contributed by atoms with Crippen molar-refractivity contribution in [2.24, 2.45) is 0 Å². The number of rotatable bonds is 7. The molecule has 3 nitrogen and oxygen atoms in total. The van der Waals surface area contributed by atoms with Crippen molar-refractivity contribution in [3.05, 3.63) is 52.5 Å². The molecule has 0 unspecified atom stereocenters. The molecule has 0 aliphatic heterocycles. The summed E-state index contributed by atoms with van der Waals surface area (Å²) in [6, 6.07) is 5.53. The van der Waals surface area contributed by atoms with Crippen molar-refractivity contribution in [1.29, 1.82) is 0 Å². The number of hydrogen-bond donors (Lipinski definition) is 1. The summed E-state index contributed by atoms with van der Waals surface area (Å²) < 4.78 is 5.68. The second kappa shape index (κ2) is 8.48. The van der Waals surface area contributed by atoms with E-state index in [9.17, 15) is 4.79 Å². The van der Waals surface area contributed by atoms with Crippen LogP contribution in [-0.4, -0.2) is 11.1 Å². The van der Waals surface area contributed by atoms with Crippen molar-refractivity contribution in [3.8, 4) is 5.75 Å². The fourth-order valence-corrected chi connectivity index (χ4v) is 2.46. The van der Waals surface area contributed by atoms with E-state index in [4.69, 9.17) is 9.29 Å². The Labute approximate surface area is 124 Å². The molecule has 0 aliphatic carbocycles. The van der Waals surface area contributed by atoms with E-state index in [2.05, 4.69) is 13.0 Å². The van der Waals surface area contributed by atoms with E-state index in [1.807, 2.05) is 38.1 Å². The number of hydrogen-bond acceptors (Lipinski definition) is 3. The minimum absolute atomic E-state index is 0.00915. The zero-order chi connectivity index (χ0) is 15.0. The lowest BCUT2D eigenvalue weighted by atomic mass is 10.1. The van der Waals surface area contributed by atoms with E-state index in [-0.39, 0.29) is 6.42 Å². The van der Waals surface area contributed by atoms with Gasteiger partial charge in [-0.15, -0.1) is 0 Å². The molecule has 1 N–H and O–H groups in total. The van der Waals surface area contributed by atoms with Gasteiger partial charge in [-0.1, -0.05) is 25.1 Å². The van der Waals surface area contributed by atoms with Gasteiger partial charge in [0.05, 0.1) is 18.5 Å². The van der Waals surface area contributed by atoms with Crippen LogP contribution in [0.5, 0.6) is 5.75 Å². The first-order chi connectivity index (χ1) is 9.55. The number of carboxylic acid groups (broad SMARTS) is 1. The summed E-state index contributed by atoms with van der Waals surface area (Å²) in [5.41, 5.74) is 1.74. The largest absolute Gasteiger partial charge is 0.481 e. The van der Waals surface area contributed by atoms with Gasteiger partial charge in [0.15, 0.2) is 0 Å². The predicted octanol–water partition coefficient (Wildman–Crippen LogP) is 4.52. The number of carbonyl (C=O) groups is 1. The Morgan fingerprint density at radius 1 is 1.40 bits per heavy atom.